The summed E-state index contributed by atoms with van der Waals surface area (Å²) in [5.41, 5.74) is 3.17. The van der Waals surface area contributed by atoms with Crippen molar-refractivity contribution in [3.05, 3.63) is 47.0 Å². The second kappa shape index (κ2) is 6.69. The van der Waals surface area contributed by atoms with Crippen LogP contribution in [-0.2, 0) is 16.0 Å². The highest BCUT2D eigenvalue weighted by atomic mass is 16.5. The van der Waals surface area contributed by atoms with Crippen molar-refractivity contribution in [2.45, 2.75) is 20.3 Å². The summed E-state index contributed by atoms with van der Waals surface area (Å²) in [4.78, 5) is 11.3. The molecule has 0 amide bonds. The van der Waals surface area contributed by atoms with Crippen LogP contribution < -0.4 is 0 Å². The second-order valence-corrected chi connectivity index (χ2v) is 3.76. The number of hydrogen-bond donors (Lipinski definition) is 0. The lowest BCUT2D eigenvalue weighted by Crippen LogP contribution is -2.04. The SMILES string of the molecule is CC=Cc1cc(C=CC)cc(CC(=O)OC)c1. The molecule has 0 atom stereocenters. The first kappa shape index (κ1) is 13.2. The molecule has 90 valence electrons. The molecule has 0 bridgehead atoms. The molecule has 0 N–H and O–H groups in total. The summed E-state index contributed by atoms with van der Waals surface area (Å²) >= 11 is 0. The Bertz CT molecular complexity index is 412. The van der Waals surface area contributed by atoms with E-state index in [-0.39, 0.29) is 5.97 Å². The van der Waals surface area contributed by atoms with Crippen molar-refractivity contribution in [3.63, 3.8) is 0 Å². The zero-order valence-electron chi connectivity index (χ0n) is 10.6. The summed E-state index contributed by atoms with van der Waals surface area (Å²) in [5, 5.41) is 0. The summed E-state index contributed by atoms with van der Waals surface area (Å²) < 4.78 is 4.68. The molecule has 0 heterocycles. The first-order valence-corrected chi connectivity index (χ1v) is 5.65. The van der Waals surface area contributed by atoms with Crippen molar-refractivity contribution in [2.24, 2.45) is 0 Å². The average molecular weight is 230 g/mol. The van der Waals surface area contributed by atoms with E-state index in [1.54, 1.807) is 0 Å². The third kappa shape index (κ3) is 4.27. The number of esters is 1. The molecule has 17 heavy (non-hydrogen) atoms. The van der Waals surface area contributed by atoms with Gasteiger partial charge in [0, 0.05) is 0 Å². The van der Waals surface area contributed by atoms with Gasteiger partial charge < -0.3 is 4.74 Å². The molecule has 0 spiro atoms. The topological polar surface area (TPSA) is 26.3 Å². The number of carbonyl (C=O) groups excluding carboxylic acids is 1. The Kier molecular flexibility index (Phi) is 5.21. The summed E-state index contributed by atoms with van der Waals surface area (Å²) in [7, 11) is 1.41. The van der Waals surface area contributed by atoms with E-state index in [9.17, 15) is 4.79 Å². The van der Waals surface area contributed by atoms with Gasteiger partial charge in [-0.3, -0.25) is 4.79 Å². The van der Waals surface area contributed by atoms with E-state index in [0.717, 1.165) is 16.7 Å². The first-order chi connectivity index (χ1) is 8.19. The van der Waals surface area contributed by atoms with E-state index in [1.807, 2.05) is 50.3 Å². The molecular formula is C15H18O2. The first-order valence-electron chi connectivity index (χ1n) is 5.65. The van der Waals surface area contributed by atoms with Gasteiger partial charge in [0.2, 0.25) is 0 Å². The van der Waals surface area contributed by atoms with E-state index < -0.39 is 0 Å². The van der Waals surface area contributed by atoms with Crippen LogP contribution in [0.4, 0.5) is 0 Å². The Hall–Kier alpha value is -1.83. The van der Waals surface area contributed by atoms with Gasteiger partial charge in [-0.2, -0.15) is 0 Å². The smallest absolute Gasteiger partial charge is 0.309 e. The summed E-state index contributed by atoms with van der Waals surface area (Å²) in [6, 6.07) is 6.09. The van der Waals surface area contributed by atoms with Crippen LogP contribution in [-0.4, -0.2) is 13.1 Å². The molecule has 0 aliphatic carbocycles. The molecule has 0 saturated carbocycles. The maximum atomic E-state index is 11.3. The molecule has 0 saturated heterocycles. The molecule has 0 aliphatic heterocycles. The van der Waals surface area contributed by atoms with Crippen molar-refractivity contribution < 1.29 is 9.53 Å². The third-order valence-corrected chi connectivity index (χ3v) is 2.33. The lowest BCUT2D eigenvalue weighted by Gasteiger charge is -2.04. The predicted octanol–water partition coefficient (Wildman–Crippen LogP) is 3.47. The maximum absolute atomic E-state index is 11.3. The minimum atomic E-state index is -0.214. The molecule has 1 rings (SSSR count). The Morgan fingerprint density at radius 2 is 1.65 bits per heavy atom. The molecule has 1 aromatic rings. The molecular weight excluding hydrogens is 212 g/mol. The second-order valence-electron chi connectivity index (χ2n) is 3.76. The molecule has 2 nitrogen and oxygen atoms in total. The van der Waals surface area contributed by atoms with Gasteiger partial charge in [-0.25, -0.2) is 0 Å². The fourth-order valence-electron chi connectivity index (χ4n) is 1.66. The van der Waals surface area contributed by atoms with Crippen LogP contribution in [0.5, 0.6) is 0 Å². The molecule has 2 heteroatoms. The highest BCUT2D eigenvalue weighted by Crippen LogP contribution is 2.14. The third-order valence-electron chi connectivity index (χ3n) is 2.33. The minimum absolute atomic E-state index is 0.214. The summed E-state index contributed by atoms with van der Waals surface area (Å²) in [6.45, 7) is 3.95. The molecule has 0 unspecified atom stereocenters. The Morgan fingerprint density at radius 1 is 1.12 bits per heavy atom. The van der Waals surface area contributed by atoms with Crippen LogP contribution >= 0.6 is 0 Å². The zero-order valence-corrected chi connectivity index (χ0v) is 10.6. The van der Waals surface area contributed by atoms with Crippen LogP contribution in [0, 0.1) is 0 Å². The lowest BCUT2D eigenvalue weighted by atomic mass is 10.0. The molecule has 0 aliphatic rings. The van der Waals surface area contributed by atoms with E-state index >= 15 is 0 Å². The standard InChI is InChI=1S/C15H18O2/c1-4-6-12-8-13(7-5-2)10-14(9-12)11-15(16)17-3/h4-10H,11H2,1-3H3. The molecule has 1 aromatic carbocycles. The van der Waals surface area contributed by atoms with Crippen molar-refractivity contribution >= 4 is 18.1 Å². The van der Waals surface area contributed by atoms with Gasteiger partial charge in [-0.1, -0.05) is 36.4 Å². The fraction of sp³-hybridized carbons (Fsp3) is 0.267. The van der Waals surface area contributed by atoms with E-state index in [4.69, 9.17) is 0 Å². The number of benzene rings is 1. The number of hydrogen-bond acceptors (Lipinski definition) is 2. The van der Waals surface area contributed by atoms with Gasteiger partial charge in [-0.05, 0) is 36.6 Å². The van der Waals surface area contributed by atoms with Crippen molar-refractivity contribution in [1.82, 2.24) is 0 Å². The van der Waals surface area contributed by atoms with Crippen LogP contribution in [0.1, 0.15) is 30.5 Å². The normalized spacial score (nSPS) is 11.2. The molecule has 0 fully saturated rings. The molecule has 0 aromatic heterocycles. The Labute approximate surface area is 103 Å². The van der Waals surface area contributed by atoms with Crippen LogP contribution in [0.15, 0.2) is 30.4 Å². The van der Waals surface area contributed by atoms with E-state index in [1.165, 1.54) is 7.11 Å². The average Bonchev–Trinajstić information content (AvgIpc) is 2.29. The number of ether oxygens (including phenoxy) is 1. The summed E-state index contributed by atoms with van der Waals surface area (Å²) in [5.74, 6) is -0.214. The largest absolute Gasteiger partial charge is 0.469 e. The van der Waals surface area contributed by atoms with Gasteiger partial charge in [0.05, 0.1) is 13.5 Å². The Morgan fingerprint density at radius 3 is 2.06 bits per heavy atom. The van der Waals surface area contributed by atoms with Crippen molar-refractivity contribution in [2.75, 3.05) is 7.11 Å². The van der Waals surface area contributed by atoms with Gasteiger partial charge in [0.25, 0.3) is 0 Å². The predicted molar refractivity (Wildman–Crippen MR) is 71.6 cm³/mol. The van der Waals surface area contributed by atoms with Gasteiger partial charge >= 0.3 is 5.97 Å². The number of rotatable bonds is 4. The van der Waals surface area contributed by atoms with E-state index in [0.29, 0.717) is 6.42 Å². The molecule has 0 radical (unpaired) electrons. The minimum Gasteiger partial charge on any atom is -0.469 e. The Balaban J connectivity index is 3.07. The van der Waals surface area contributed by atoms with Crippen molar-refractivity contribution in [1.29, 1.82) is 0 Å². The number of allylic oxidation sites excluding steroid dienone is 2. The van der Waals surface area contributed by atoms with Crippen LogP contribution in [0.25, 0.3) is 12.2 Å². The zero-order chi connectivity index (χ0) is 12.7. The highest BCUT2D eigenvalue weighted by Gasteiger charge is 2.04. The van der Waals surface area contributed by atoms with E-state index in [2.05, 4.69) is 10.8 Å². The van der Waals surface area contributed by atoms with Crippen LogP contribution in [0.3, 0.4) is 0 Å². The lowest BCUT2D eigenvalue weighted by molar-refractivity contribution is -0.139. The quantitative estimate of drug-likeness (QED) is 0.740. The monoisotopic (exact) mass is 230 g/mol. The number of methoxy groups -OCH3 is 1. The summed E-state index contributed by atoms with van der Waals surface area (Å²) in [6.07, 6.45) is 8.32. The maximum Gasteiger partial charge on any atom is 0.309 e. The van der Waals surface area contributed by atoms with Gasteiger partial charge in [0.1, 0.15) is 0 Å². The van der Waals surface area contributed by atoms with Crippen molar-refractivity contribution in [3.8, 4) is 0 Å². The highest BCUT2D eigenvalue weighted by molar-refractivity contribution is 5.73. The number of carbonyl (C=O) groups is 1. The fourth-order valence-corrected chi connectivity index (χ4v) is 1.66. The van der Waals surface area contributed by atoms with Crippen LogP contribution in [0.2, 0.25) is 0 Å². The van der Waals surface area contributed by atoms with Gasteiger partial charge in [0.15, 0.2) is 0 Å². The van der Waals surface area contributed by atoms with Gasteiger partial charge in [-0.15, -0.1) is 0 Å².